The van der Waals surface area contributed by atoms with E-state index in [0.29, 0.717) is 0 Å². The van der Waals surface area contributed by atoms with Gasteiger partial charge >= 0.3 is 0 Å². The summed E-state index contributed by atoms with van der Waals surface area (Å²) in [6.45, 7) is 3.77. The van der Waals surface area contributed by atoms with Crippen molar-refractivity contribution in [2.45, 2.75) is 68.2 Å². The van der Waals surface area contributed by atoms with Gasteiger partial charge in [-0.25, -0.2) is 16.8 Å². The van der Waals surface area contributed by atoms with Crippen LogP contribution in [0.2, 0.25) is 0 Å². The van der Waals surface area contributed by atoms with Crippen LogP contribution in [0.4, 0.5) is 0 Å². The van der Waals surface area contributed by atoms with Crippen LogP contribution < -0.4 is 0 Å². The zero-order valence-electron chi connectivity index (χ0n) is 20.4. The predicted octanol–water partition coefficient (Wildman–Crippen LogP) is 3.91. The quantitative estimate of drug-likeness (QED) is 0.554. The van der Waals surface area contributed by atoms with Gasteiger partial charge in [0.25, 0.3) is 0 Å². The number of piperazine rings is 1. The largest absolute Gasteiger partial charge is 0.299 e. The molecule has 1 heterocycles. The summed E-state index contributed by atoms with van der Waals surface area (Å²) < 4.78 is 56.6. The van der Waals surface area contributed by atoms with Crippen LogP contribution in [0.3, 0.4) is 0 Å². The fourth-order valence-corrected chi connectivity index (χ4v) is 8.11. The Labute approximate surface area is 209 Å². The van der Waals surface area contributed by atoms with Gasteiger partial charge in [0.1, 0.15) is 5.78 Å². The molecule has 9 heteroatoms. The van der Waals surface area contributed by atoms with E-state index in [4.69, 9.17) is 0 Å². The van der Waals surface area contributed by atoms with E-state index >= 15 is 0 Å². The normalized spacial score (nSPS) is 21.1. The highest BCUT2D eigenvalue weighted by Crippen LogP contribution is 2.30. The van der Waals surface area contributed by atoms with E-state index in [1.165, 1.54) is 8.61 Å². The number of nitrogens with zero attached hydrogens (tertiary/aromatic N) is 2. The summed E-state index contributed by atoms with van der Waals surface area (Å²) in [5.41, 5.74) is 1.90. The van der Waals surface area contributed by atoms with Crippen molar-refractivity contribution < 1.29 is 21.6 Å². The van der Waals surface area contributed by atoms with Crippen molar-refractivity contribution in [2.24, 2.45) is 5.92 Å². The monoisotopic (exact) mass is 518 g/mol. The van der Waals surface area contributed by atoms with Crippen molar-refractivity contribution in [1.82, 2.24) is 8.61 Å². The SMILES string of the molecule is Cc1ccc(S(=O)(=O)N2CCN(S(=O)(=O)c3ccc(C)cc3)C(CC(=O)C3CCCCC3)C2)cc1. The van der Waals surface area contributed by atoms with Crippen LogP contribution in [0.5, 0.6) is 0 Å². The first-order chi connectivity index (χ1) is 16.6. The van der Waals surface area contributed by atoms with Crippen molar-refractivity contribution in [1.29, 1.82) is 0 Å². The molecule has 2 fully saturated rings. The molecule has 2 aromatic carbocycles. The molecule has 1 saturated heterocycles. The molecule has 0 radical (unpaired) electrons. The Morgan fingerprint density at radius 1 is 0.771 bits per heavy atom. The van der Waals surface area contributed by atoms with E-state index in [0.717, 1.165) is 43.2 Å². The first kappa shape index (κ1) is 26.0. The lowest BCUT2D eigenvalue weighted by Gasteiger charge is -2.40. The topological polar surface area (TPSA) is 91.8 Å². The highest BCUT2D eigenvalue weighted by atomic mass is 32.2. The second kappa shape index (κ2) is 10.5. The van der Waals surface area contributed by atoms with Gasteiger partial charge < -0.3 is 0 Å². The molecule has 7 nitrogen and oxygen atoms in total. The van der Waals surface area contributed by atoms with Crippen molar-refractivity contribution >= 4 is 25.8 Å². The lowest BCUT2D eigenvalue weighted by molar-refractivity contribution is -0.124. The third-order valence-corrected chi connectivity index (χ3v) is 11.0. The van der Waals surface area contributed by atoms with E-state index in [-0.39, 0.29) is 47.5 Å². The molecule has 190 valence electrons. The molecule has 0 spiro atoms. The number of carbonyl (C=O) groups excluding carboxylic acids is 1. The molecule has 1 aliphatic carbocycles. The second-order valence-corrected chi connectivity index (χ2v) is 13.6. The maximum Gasteiger partial charge on any atom is 0.243 e. The van der Waals surface area contributed by atoms with E-state index in [2.05, 4.69) is 0 Å². The zero-order valence-corrected chi connectivity index (χ0v) is 22.0. The summed E-state index contributed by atoms with van der Waals surface area (Å²) in [6.07, 6.45) is 4.78. The van der Waals surface area contributed by atoms with Gasteiger partial charge in [0.2, 0.25) is 20.0 Å². The van der Waals surface area contributed by atoms with Gasteiger partial charge in [-0.05, 0) is 51.0 Å². The Morgan fingerprint density at radius 2 is 1.29 bits per heavy atom. The molecule has 0 aromatic heterocycles. The minimum absolute atomic E-state index is 0.00388. The van der Waals surface area contributed by atoms with Crippen LogP contribution in [0, 0.1) is 19.8 Å². The first-order valence-electron chi connectivity index (χ1n) is 12.3. The summed E-state index contributed by atoms with van der Waals surface area (Å²) >= 11 is 0. The smallest absolute Gasteiger partial charge is 0.243 e. The average Bonchev–Trinajstić information content (AvgIpc) is 2.85. The van der Waals surface area contributed by atoms with Gasteiger partial charge in [0.05, 0.1) is 9.79 Å². The number of rotatable bonds is 7. The minimum atomic E-state index is -3.88. The summed E-state index contributed by atoms with van der Waals surface area (Å²) in [6, 6.07) is 12.5. The first-order valence-corrected chi connectivity index (χ1v) is 15.1. The van der Waals surface area contributed by atoms with Gasteiger partial charge in [-0.15, -0.1) is 0 Å². The van der Waals surface area contributed by atoms with Crippen LogP contribution >= 0.6 is 0 Å². The third-order valence-electron chi connectivity index (χ3n) is 7.18. The molecule has 2 aromatic rings. The van der Waals surface area contributed by atoms with Gasteiger partial charge in [-0.1, -0.05) is 54.7 Å². The molecule has 1 unspecified atom stereocenters. The highest BCUT2D eigenvalue weighted by molar-refractivity contribution is 7.89. The number of sulfonamides is 2. The summed E-state index contributed by atoms with van der Waals surface area (Å²) in [7, 11) is -7.69. The summed E-state index contributed by atoms with van der Waals surface area (Å²) in [4.78, 5) is 13.5. The fraction of sp³-hybridized carbons (Fsp3) is 0.500. The van der Waals surface area contributed by atoms with Crippen LogP contribution in [0.25, 0.3) is 0 Å². The van der Waals surface area contributed by atoms with Crippen molar-refractivity contribution in [3.8, 4) is 0 Å². The van der Waals surface area contributed by atoms with Crippen LogP contribution in [0.15, 0.2) is 58.3 Å². The number of aryl methyl sites for hydroxylation is 2. The van der Waals surface area contributed by atoms with Gasteiger partial charge in [-0.2, -0.15) is 8.61 Å². The number of benzene rings is 2. The number of Topliss-reactive ketones (excluding diaryl/α,β-unsaturated/α-hetero) is 1. The van der Waals surface area contributed by atoms with Crippen molar-refractivity contribution in [2.75, 3.05) is 19.6 Å². The Bertz CT molecular complexity index is 1250. The lowest BCUT2D eigenvalue weighted by atomic mass is 9.84. The zero-order chi connectivity index (χ0) is 25.2. The molecule has 0 bridgehead atoms. The summed E-state index contributed by atoms with van der Waals surface area (Å²) in [5, 5.41) is 0. The Morgan fingerprint density at radius 3 is 1.83 bits per heavy atom. The third kappa shape index (κ3) is 5.69. The molecule has 0 amide bonds. The Kier molecular flexibility index (Phi) is 7.80. The van der Waals surface area contributed by atoms with E-state index < -0.39 is 26.1 Å². The maximum absolute atomic E-state index is 13.6. The maximum atomic E-state index is 13.6. The van der Waals surface area contributed by atoms with Gasteiger partial charge in [0, 0.05) is 38.0 Å². The number of carbonyl (C=O) groups is 1. The standard InChI is InChI=1S/C26H34N2O5S2/c1-20-8-12-24(13-9-20)34(30,31)27-16-17-28(35(32,33)25-14-10-21(2)11-15-25)23(19-27)18-26(29)22-6-4-3-5-7-22/h8-15,22-23H,3-7,16-19H2,1-2H3. The summed E-state index contributed by atoms with van der Waals surface area (Å²) in [5.74, 6) is -0.0369. The Balaban J connectivity index is 1.63. The molecule has 1 atom stereocenters. The van der Waals surface area contributed by atoms with Crippen LogP contribution in [0.1, 0.15) is 49.7 Å². The van der Waals surface area contributed by atoms with Gasteiger partial charge in [0.15, 0.2) is 0 Å². The van der Waals surface area contributed by atoms with E-state index in [1.807, 2.05) is 13.8 Å². The molecule has 4 rings (SSSR count). The van der Waals surface area contributed by atoms with Crippen LogP contribution in [-0.2, 0) is 24.8 Å². The molecule has 2 aliphatic rings. The molecular weight excluding hydrogens is 484 g/mol. The predicted molar refractivity (Wildman–Crippen MR) is 135 cm³/mol. The number of hydrogen-bond donors (Lipinski definition) is 0. The van der Waals surface area contributed by atoms with Crippen molar-refractivity contribution in [3.05, 3.63) is 59.7 Å². The Hall–Kier alpha value is -2.07. The highest BCUT2D eigenvalue weighted by Gasteiger charge is 2.41. The number of hydrogen-bond acceptors (Lipinski definition) is 5. The van der Waals surface area contributed by atoms with Crippen molar-refractivity contribution in [3.63, 3.8) is 0 Å². The van der Waals surface area contributed by atoms with E-state index in [1.54, 1.807) is 48.5 Å². The molecule has 0 N–H and O–H groups in total. The molecule has 1 saturated carbocycles. The second-order valence-electron chi connectivity index (χ2n) is 9.76. The minimum Gasteiger partial charge on any atom is -0.299 e. The number of ketones is 1. The molecule has 1 aliphatic heterocycles. The average molecular weight is 519 g/mol. The lowest BCUT2D eigenvalue weighted by Crippen LogP contribution is -2.57. The fourth-order valence-electron chi connectivity index (χ4n) is 5.04. The molecule has 35 heavy (non-hydrogen) atoms. The van der Waals surface area contributed by atoms with E-state index in [9.17, 15) is 21.6 Å². The van der Waals surface area contributed by atoms with Crippen LogP contribution in [-0.4, -0.2) is 56.9 Å². The van der Waals surface area contributed by atoms with Gasteiger partial charge in [-0.3, -0.25) is 4.79 Å². The molecular formula is C26H34N2O5S2.